The van der Waals surface area contributed by atoms with Crippen LogP contribution in [-0.4, -0.2) is 5.16 Å². The number of aromatic nitrogens is 2. The van der Waals surface area contributed by atoms with Gasteiger partial charge in [0.05, 0.1) is 0 Å². The van der Waals surface area contributed by atoms with Gasteiger partial charge in [-0.05, 0) is 17.4 Å². The summed E-state index contributed by atoms with van der Waals surface area (Å²) >= 11 is 5.79. The predicted octanol–water partition coefficient (Wildman–Crippen LogP) is 1.42. The van der Waals surface area contributed by atoms with Crippen LogP contribution in [0.25, 0.3) is 11.0 Å². The summed E-state index contributed by atoms with van der Waals surface area (Å²) in [4.78, 5) is 0.334. The lowest BCUT2D eigenvalue weighted by molar-refractivity contribution is -0.782. The zero-order chi connectivity index (χ0) is 8.72. The summed E-state index contributed by atoms with van der Waals surface area (Å²) in [5.41, 5.74) is 1.75. The van der Waals surface area contributed by atoms with E-state index in [1.165, 1.54) is 6.07 Å². The zero-order valence-corrected chi connectivity index (χ0v) is 7.00. The molecule has 0 amide bonds. The first-order valence-electron chi connectivity index (χ1n) is 3.34. The van der Waals surface area contributed by atoms with Crippen molar-refractivity contribution in [1.29, 1.82) is 0 Å². The Labute approximate surface area is 72.9 Å². The van der Waals surface area contributed by atoms with Crippen LogP contribution >= 0.6 is 11.6 Å². The van der Waals surface area contributed by atoms with E-state index >= 15 is 0 Å². The lowest BCUT2D eigenvalue weighted by atomic mass is 10.2. The first-order valence-corrected chi connectivity index (χ1v) is 3.72. The van der Waals surface area contributed by atoms with E-state index < -0.39 is 0 Å². The fourth-order valence-electron chi connectivity index (χ4n) is 1.00. The van der Waals surface area contributed by atoms with E-state index in [1.54, 1.807) is 6.07 Å². The fraction of sp³-hybridized carbons (Fsp3) is 0.143. The van der Waals surface area contributed by atoms with Crippen LogP contribution < -0.4 is 4.90 Å². The van der Waals surface area contributed by atoms with Gasteiger partial charge >= 0.3 is 0 Å². The number of rotatable bonds is 0. The summed E-state index contributed by atoms with van der Waals surface area (Å²) in [6.45, 7) is 1.84. The third-order valence-electron chi connectivity index (χ3n) is 1.67. The number of aryl methyl sites for hydroxylation is 1. The minimum Gasteiger partial charge on any atom is -0.359 e. The maximum Gasteiger partial charge on any atom is 0.248 e. The van der Waals surface area contributed by atoms with Crippen molar-refractivity contribution in [1.82, 2.24) is 5.16 Å². The van der Waals surface area contributed by atoms with Crippen LogP contribution in [-0.2, 0) is 0 Å². The second kappa shape index (κ2) is 2.35. The maximum absolute atomic E-state index is 10.9. The van der Waals surface area contributed by atoms with Gasteiger partial charge in [0.1, 0.15) is 0 Å². The van der Waals surface area contributed by atoms with Crippen molar-refractivity contribution in [3.8, 4) is 0 Å². The molecule has 0 atom stereocenters. The Kier molecular flexibility index (Phi) is 1.44. The molecule has 2 aromatic rings. The quantitative estimate of drug-likeness (QED) is 0.582. The molecule has 62 valence electrons. The van der Waals surface area contributed by atoms with Crippen LogP contribution in [0.1, 0.15) is 5.56 Å². The van der Waals surface area contributed by atoms with Gasteiger partial charge in [-0.25, -0.2) is 0 Å². The molecule has 0 unspecified atom stereocenters. The molecular formula is C7H5ClN2O2. The topological polar surface area (TPSA) is 53.0 Å². The van der Waals surface area contributed by atoms with Crippen molar-refractivity contribution in [2.75, 3.05) is 0 Å². The highest BCUT2D eigenvalue weighted by Crippen LogP contribution is 2.19. The average molecular weight is 185 g/mol. The smallest absolute Gasteiger partial charge is 0.248 e. The van der Waals surface area contributed by atoms with Crippen molar-refractivity contribution < 1.29 is 9.53 Å². The van der Waals surface area contributed by atoms with Crippen LogP contribution in [0.2, 0.25) is 5.02 Å². The Morgan fingerprint density at radius 3 is 3.08 bits per heavy atom. The fourth-order valence-corrected chi connectivity index (χ4v) is 1.16. The van der Waals surface area contributed by atoms with Gasteiger partial charge in [-0.2, -0.15) is 0 Å². The molecule has 0 saturated heterocycles. The van der Waals surface area contributed by atoms with Crippen LogP contribution in [0, 0.1) is 12.1 Å². The largest absolute Gasteiger partial charge is 0.359 e. The van der Waals surface area contributed by atoms with Gasteiger partial charge in [0.2, 0.25) is 11.0 Å². The van der Waals surface area contributed by atoms with Crippen molar-refractivity contribution in [3.05, 3.63) is 27.9 Å². The summed E-state index contributed by atoms with van der Waals surface area (Å²) in [6.07, 6.45) is 0. The average Bonchev–Trinajstić information content (AvgIpc) is 2.35. The van der Waals surface area contributed by atoms with Crippen molar-refractivity contribution >= 4 is 22.6 Å². The maximum atomic E-state index is 10.9. The van der Waals surface area contributed by atoms with Gasteiger partial charge in [-0.15, -0.1) is 0 Å². The highest BCUT2D eigenvalue weighted by molar-refractivity contribution is 6.31. The molecule has 0 bridgehead atoms. The van der Waals surface area contributed by atoms with E-state index in [2.05, 4.69) is 9.79 Å². The molecule has 1 heterocycles. The number of hydrogen-bond donors (Lipinski definition) is 0. The SMILES string of the molecule is Cc1cc2no[n+]([O-])c2cc1Cl. The van der Waals surface area contributed by atoms with E-state index in [1.807, 2.05) is 6.92 Å². The molecule has 1 aromatic carbocycles. The van der Waals surface area contributed by atoms with Gasteiger partial charge in [0.25, 0.3) is 0 Å². The lowest BCUT2D eigenvalue weighted by Gasteiger charge is -1.92. The normalized spacial score (nSPS) is 10.8. The van der Waals surface area contributed by atoms with Gasteiger partial charge < -0.3 is 5.21 Å². The lowest BCUT2D eigenvalue weighted by Crippen LogP contribution is -2.22. The molecule has 0 N–H and O–H groups in total. The van der Waals surface area contributed by atoms with Crippen LogP contribution in [0.5, 0.6) is 0 Å². The molecule has 4 nitrogen and oxygen atoms in total. The third-order valence-corrected chi connectivity index (χ3v) is 2.07. The van der Waals surface area contributed by atoms with Crippen molar-refractivity contribution in [2.24, 2.45) is 0 Å². The molecule has 0 aliphatic heterocycles. The van der Waals surface area contributed by atoms with Crippen molar-refractivity contribution in [2.45, 2.75) is 6.92 Å². The number of halogens is 1. The highest BCUT2D eigenvalue weighted by Gasteiger charge is 2.10. The number of fused-ring (bicyclic) bond motifs is 1. The summed E-state index contributed by atoms with van der Waals surface area (Å²) in [5, 5.41) is 14.9. The summed E-state index contributed by atoms with van der Waals surface area (Å²) in [7, 11) is 0. The first kappa shape index (κ1) is 7.36. The highest BCUT2D eigenvalue weighted by atomic mass is 35.5. The molecule has 1 aromatic heterocycles. The molecule has 0 radical (unpaired) electrons. The van der Waals surface area contributed by atoms with E-state index in [0.29, 0.717) is 21.0 Å². The number of nitrogens with zero attached hydrogens (tertiary/aromatic N) is 2. The Hall–Kier alpha value is -1.29. The monoisotopic (exact) mass is 184 g/mol. The second-order valence-corrected chi connectivity index (χ2v) is 2.93. The Morgan fingerprint density at radius 2 is 2.33 bits per heavy atom. The predicted molar refractivity (Wildman–Crippen MR) is 42.7 cm³/mol. The van der Waals surface area contributed by atoms with Gasteiger partial charge in [-0.3, -0.25) is 4.63 Å². The van der Waals surface area contributed by atoms with Gasteiger partial charge in [-0.1, -0.05) is 11.6 Å². The first-order chi connectivity index (χ1) is 5.68. The summed E-state index contributed by atoms with van der Waals surface area (Å²) < 4.78 is 4.38. The molecule has 0 aliphatic carbocycles. The summed E-state index contributed by atoms with van der Waals surface area (Å²) in [6, 6.07) is 3.24. The summed E-state index contributed by atoms with van der Waals surface area (Å²) in [5.74, 6) is 0. The van der Waals surface area contributed by atoms with E-state index in [0.717, 1.165) is 5.56 Å². The van der Waals surface area contributed by atoms with E-state index in [4.69, 9.17) is 11.6 Å². The van der Waals surface area contributed by atoms with E-state index in [-0.39, 0.29) is 0 Å². The zero-order valence-electron chi connectivity index (χ0n) is 6.24. The van der Waals surface area contributed by atoms with E-state index in [9.17, 15) is 5.21 Å². The Balaban J connectivity index is 2.87. The standard InChI is InChI=1S/C7H5ClN2O2/c1-4-2-6-7(3-5(4)8)10(11)12-9-6/h2-3H,1H3. The Morgan fingerprint density at radius 1 is 1.58 bits per heavy atom. The molecule has 2 rings (SSSR count). The molecule has 0 saturated carbocycles. The minimum atomic E-state index is 0.334. The Bertz CT molecular complexity index is 438. The van der Waals surface area contributed by atoms with Gasteiger partial charge in [0, 0.05) is 22.3 Å². The van der Waals surface area contributed by atoms with Crippen molar-refractivity contribution in [3.63, 3.8) is 0 Å². The molecule has 0 spiro atoms. The number of hydrogen-bond acceptors (Lipinski definition) is 3. The van der Waals surface area contributed by atoms with Crippen LogP contribution in [0.15, 0.2) is 16.8 Å². The number of benzene rings is 1. The molecule has 12 heavy (non-hydrogen) atoms. The third kappa shape index (κ3) is 0.921. The molecule has 5 heteroatoms. The molecule has 0 fully saturated rings. The molecule has 0 aliphatic rings. The second-order valence-electron chi connectivity index (χ2n) is 2.52. The minimum absolute atomic E-state index is 0.334. The van der Waals surface area contributed by atoms with Gasteiger partial charge in [0.15, 0.2) is 0 Å². The van der Waals surface area contributed by atoms with Crippen LogP contribution in [0.4, 0.5) is 0 Å². The van der Waals surface area contributed by atoms with Crippen LogP contribution in [0.3, 0.4) is 0 Å². The molecular weight excluding hydrogens is 180 g/mol.